The van der Waals surface area contributed by atoms with Crippen molar-refractivity contribution in [3.63, 3.8) is 0 Å². The average molecular weight is 367 g/mol. The SMILES string of the molecule is O=C(O)C1CCCN(S(=O)(=O)c2cc(Cl)c([N+](=O)[O-])cc2F)C1. The van der Waals surface area contributed by atoms with Crippen LogP contribution in [0.5, 0.6) is 0 Å². The molecule has 8 nitrogen and oxygen atoms in total. The van der Waals surface area contributed by atoms with Crippen LogP contribution in [0.2, 0.25) is 5.02 Å². The number of halogens is 2. The standard InChI is InChI=1S/C12H12ClFN2O6S/c13-8-4-11(9(14)5-10(8)16(19)20)23(21,22)15-3-1-2-7(6-15)12(17)18/h4-5,7H,1-3,6H2,(H,17,18). The molecule has 1 unspecified atom stereocenters. The topological polar surface area (TPSA) is 118 Å². The summed E-state index contributed by atoms with van der Waals surface area (Å²) in [6, 6.07) is 1.11. The number of carbonyl (C=O) groups is 1. The molecule has 1 saturated heterocycles. The smallest absolute Gasteiger partial charge is 0.307 e. The predicted molar refractivity (Wildman–Crippen MR) is 77.2 cm³/mol. The lowest BCUT2D eigenvalue weighted by molar-refractivity contribution is -0.384. The Kier molecular flexibility index (Phi) is 4.87. The zero-order chi connectivity index (χ0) is 17.4. The van der Waals surface area contributed by atoms with Crippen LogP contribution in [0.4, 0.5) is 10.1 Å². The first-order valence-corrected chi connectivity index (χ1v) is 8.32. The number of nitrogens with zero attached hydrogens (tertiary/aromatic N) is 2. The highest BCUT2D eigenvalue weighted by Gasteiger charge is 2.35. The van der Waals surface area contributed by atoms with Gasteiger partial charge in [0.15, 0.2) is 0 Å². The Morgan fingerprint density at radius 2 is 2.13 bits per heavy atom. The number of rotatable bonds is 4. The fraction of sp³-hybridized carbons (Fsp3) is 0.417. The molecular weight excluding hydrogens is 355 g/mol. The van der Waals surface area contributed by atoms with E-state index in [0.717, 1.165) is 4.31 Å². The molecule has 1 aliphatic heterocycles. The Morgan fingerprint density at radius 3 is 2.70 bits per heavy atom. The number of nitro groups is 1. The number of sulfonamides is 1. The maximum absolute atomic E-state index is 14.0. The van der Waals surface area contributed by atoms with Gasteiger partial charge in [0.25, 0.3) is 5.69 Å². The van der Waals surface area contributed by atoms with Gasteiger partial charge in [0.2, 0.25) is 10.0 Å². The summed E-state index contributed by atoms with van der Waals surface area (Å²) in [7, 11) is -4.34. The minimum absolute atomic E-state index is 0.0418. The molecule has 1 fully saturated rings. The van der Waals surface area contributed by atoms with E-state index in [1.807, 2.05) is 0 Å². The van der Waals surface area contributed by atoms with Crippen LogP contribution < -0.4 is 0 Å². The van der Waals surface area contributed by atoms with Crippen LogP contribution in [0.1, 0.15) is 12.8 Å². The van der Waals surface area contributed by atoms with Crippen LogP contribution in [-0.2, 0) is 14.8 Å². The number of nitro benzene ring substituents is 1. The second-order valence-electron chi connectivity index (χ2n) is 5.03. The summed E-state index contributed by atoms with van der Waals surface area (Å²) in [5.41, 5.74) is -0.745. The van der Waals surface area contributed by atoms with E-state index in [1.165, 1.54) is 0 Å². The summed E-state index contributed by atoms with van der Waals surface area (Å²) in [5.74, 6) is -3.32. The molecule has 1 atom stereocenters. The number of aliphatic carboxylic acids is 1. The summed E-state index contributed by atoms with van der Waals surface area (Å²) in [4.78, 5) is 20.0. The van der Waals surface area contributed by atoms with Gasteiger partial charge in [-0.15, -0.1) is 0 Å². The van der Waals surface area contributed by atoms with Gasteiger partial charge in [-0.1, -0.05) is 11.6 Å². The van der Waals surface area contributed by atoms with E-state index in [0.29, 0.717) is 25.0 Å². The Morgan fingerprint density at radius 1 is 1.48 bits per heavy atom. The van der Waals surface area contributed by atoms with Crippen molar-refractivity contribution >= 4 is 33.3 Å². The quantitative estimate of drug-likeness (QED) is 0.642. The number of hydrogen-bond acceptors (Lipinski definition) is 5. The van der Waals surface area contributed by atoms with E-state index >= 15 is 0 Å². The second-order valence-corrected chi connectivity index (χ2v) is 7.35. The molecule has 0 aromatic heterocycles. The summed E-state index contributed by atoms with van der Waals surface area (Å²) in [6.45, 7) is -0.244. The zero-order valence-corrected chi connectivity index (χ0v) is 13.2. The number of carboxylic acid groups (broad SMARTS) is 1. The van der Waals surface area contributed by atoms with Crippen LogP contribution in [-0.4, -0.2) is 41.8 Å². The molecule has 0 aliphatic carbocycles. The fourth-order valence-corrected chi connectivity index (χ4v) is 4.25. The Balaban J connectivity index is 2.42. The van der Waals surface area contributed by atoms with Gasteiger partial charge in [0.1, 0.15) is 15.7 Å². The number of benzene rings is 1. The molecule has 0 spiro atoms. The van der Waals surface area contributed by atoms with Crippen molar-refractivity contribution < 1.29 is 27.6 Å². The minimum Gasteiger partial charge on any atom is -0.481 e. The third-order valence-electron chi connectivity index (χ3n) is 3.55. The largest absolute Gasteiger partial charge is 0.481 e. The monoisotopic (exact) mass is 366 g/mol. The molecule has 1 heterocycles. The molecule has 126 valence electrons. The number of carboxylic acids is 1. The highest BCUT2D eigenvalue weighted by atomic mass is 35.5. The van der Waals surface area contributed by atoms with E-state index in [2.05, 4.69) is 0 Å². The first-order chi connectivity index (χ1) is 10.6. The van der Waals surface area contributed by atoms with E-state index in [4.69, 9.17) is 16.7 Å². The molecule has 23 heavy (non-hydrogen) atoms. The Hall–Kier alpha value is -1.78. The molecule has 0 radical (unpaired) electrons. The molecule has 2 rings (SSSR count). The molecule has 1 aromatic rings. The number of piperidine rings is 1. The molecule has 1 N–H and O–H groups in total. The fourth-order valence-electron chi connectivity index (χ4n) is 2.36. The van der Waals surface area contributed by atoms with E-state index in [9.17, 15) is 27.7 Å². The molecule has 0 bridgehead atoms. The maximum Gasteiger partial charge on any atom is 0.307 e. The van der Waals surface area contributed by atoms with Crippen LogP contribution in [0.3, 0.4) is 0 Å². The lowest BCUT2D eigenvalue weighted by Crippen LogP contribution is -2.42. The van der Waals surface area contributed by atoms with Crippen molar-refractivity contribution in [3.8, 4) is 0 Å². The summed E-state index contributed by atoms with van der Waals surface area (Å²) in [5, 5.41) is 19.2. The molecule has 0 amide bonds. The summed E-state index contributed by atoms with van der Waals surface area (Å²) in [6.07, 6.45) is 0.642. The summed E-state index contributed by atoms with van der Waals surface area (Å²) < 4.78 is 39.8. The van der Waals surface area contributed by atoms with Crippen molar-refractivity contribution in [3.05, 3.63) is 33.1 Å². The summed E-state index contributed by atoms with van der Waals surface area (Å²) >= 11 is 5.64. The first kappa shape index (κ1) is 17.6. The van der Waals surface area contributed by atoms with Gasteiger partial charge in [0.05, 0.1) is 16.9 Å². The Labute approximate surface area is 135 Å². The van der Waals surface area contributed by atoms with Crippen molar-refractivity contribution in [1.82, 2.24) is 4.31 Å². The molecule has 1 aromatic carbocycles. The lowest BCUT2D eigenvalue weighted by Gasteiger charge is -2.29. The van der Waals surface area contributed by atoms with Crippen molar-refractivity contribution in [1.29, 1.82) is 0 Å². The van der Waals surface area contributed by atoms with E-state index in [1.54, 1.807) is 0 Å². The van der Waals surface area contributed by atoms with Gasteiger partial charge in [0, 0.05) is 13.1 Å². The molecule has 0 saturated carbocycles. The predicted octanol–water partition coefficient (Wildman–Crippen LogP) is 1.87. The van der Waals surface area contributed by atoms with Crippen LogP contribution in [0, 0.1) is 21.8 Å². The van der Waals surface area contributed by atoms with Crippen LogP contribution >= 0.6 is 11.6 Å². The molecule has 11 heteroatoms. The molecular formula is C12H12ClFN2O6S. The Bertz CT molecular complexity index is 769. The maximum atomic E-state index is 14.0. The van der Waals surface area contributed by atoms with Gasteiger partial charge < -0.3 is 5.11 Å². The molecule has 1 aliphatic rings. The zero-order valence-electron chi connectivity index (χ0n) is 11.6. The third kappa shape index (κ3) is 3.43. The normalized spacial score (nSPS) is 19.5. The minimum atomic E-state index is -4.34. The van der Waals surface area contributed by atoms with Gasteiger partial charge in [-0.25, -0.2) is 12.8 Å². The van der Waals surface area contributed by atoms with Crippen LogP contribution in [0.25, 0.3) is 0 Å². The van der Waals surface area contributed by atoms with Gasteiger partial charge >= 0.3 is 5.97 Å². The number of hydrogen-bond donors (Lipinski definition) is 1. The van der Waals surface area contributed by atoms with Crippen LogP contribution in [0.15, 0.2) is 17.0 Å². The van der Waals surface area contributed by atoms with Gasteiger partial charge in [-0.2, -0.15) is 4.31 Å². The third-order valence-corrected chi connectivity index (χ3v) is 5.73. The lowest BCUT2D eigenvalue weighted by atomic mass is 10.0. The van der Waals surface area contributed by atoms with Crippen molar-refractivity contribution in [2.24, 2.45) is 5.92 Å². The average Bonchev–Trinajstić information content (AvgIpc) is 2.48. The highest BCUT2D eigenvalue weighted by Crippen LogP contribution is 2.32. The van der Waals surface area contributed by atoms with Gasteiger partial charge in [-0.3, -0.25) is 14.9 Å². The van der Waals surface area contributed by atoms with Crippen molar-refractivity contribution in [2.75, 3.05) is 13.1 Å². The van der Waals surface area contributed by atoms with Gasteiger partial charge in [-0.05, 0) is 18.9 Å². The van der Waals surface area contributed by atoms with Crippen molar-refractivity contribution in [2.45, 2.75) is 17.7 Å². The van der Waals surface area contributed by atoms with E-state index < -0.39 is 48.3 Å². The second kappa shape index (κ2) is 6.38. The van der Waals surface area contributed by atoms with E-state index in [-0.39, 0.29) is 13.1 Å². The first-order valence-electron chi connectivity index (χ1n) is 6.51. The highest BCUT2D eigenvalue weighted by molar-refractivity contribution is 7.89.